The molecule has 1 N–H and O–H groups in total. The number of hydrogen-bond acceptors (Lipinski definition) is 6. The molecule has 1 saturated heterocycles. The fourth-order valence-electron chi connectivity index (χ4n) is 3.44. The smallest absolute Gasteiger partial charge is 0.161 e. The van der Waals surface area contributed by atoms with Crippen molar-refractivity contribution in [3.8, 4) is 11.5 Å². The Bertz CT molecular complexity index is 885. The van der Waals surface area contributed by atoms with Gasteiger partial charge < -0.3 is 19.5 Å². The molecule has 6 nitrogen and oxygen atoms in total. The van der Waals surface area contributed by atoms with E-state index in [0.717, 1.165) is 31.9 Å². The molecule has 0 aliphatic carbocycles. The Morgan fingerprint density at radius 1 is 1.10 bits per heavy atom. The summed E-state index contributed by atoms with van der Waals surface area (Å²) in [6.45, 7) is 5.34. The van der Waals surface area contributed by atoms with Crippen LogP contribution in [0.2, 0.25) is 10.0 Å². The zero-order chi connectivity index (χ0) is 21.7. The molecular formula is C22H26Cl2N2O4. The molecule has 1 aliphatic heterocycles. The number of ether oxygens (including phenoxy) is 2. The number of halogens is 2. The van der Waals surface area contributed by atoms with Gasteiger partial charge in [-0.05, 0) is 43.3 Å². The van der Waals surface area contributed by atoms with Crippen LogP contribution >= 0.6 is 23.2 Å². The number of nitrogens with zero attached hydrogens (tertiary/aromatic N) is 2. The van der Waals surface area contributed by atoms with Crippen LogP contribution in [0.1, 0.15) is 17.3 Å². The summed E-state index contributed by atoms with van der Waals surface area (Å²) in [7, 11) is 1.52. The number of methoxy groups -OCH3 is 1. The minimum atomic E-state index is -0.650. The first kappa shape index (κ1) is 22.7. The molecule has 0 bridgehead atoms. The number of benzene rings is 2. The van der Waals surface area contributed by atoms with Crippen molar-refractivity contribution in [3.63, 3.8) is 0 Å². The molecule has 1 atom stereocenters. The van der Waals surface area contributed by atoms with Crippen LogP contribution in [-0.2, 0) is 0 Å². The number of aliphatic hydroxyl groups is 1. The van der Waals surface area contributed by atoms with Crippen molar-refractivity contribution in [3.05, 3.63) is 52.0 Å². The van der Waals surface area contributed by atoms with Crippen molar-refractivity contribution >= 4 is 34.7 Å². The lowest BCUT2D eigenvalue weighted by molar-refractivity contribution is 0.0653. The van der Waals surface area contributed by atoms with E-state index < -0.39 is 6.10 Å². The van der Waals surface area contributed by atoms with Gasteiger partial charge in [0.25, 0.3) is 0 Å². The quantitative estimate of drug-likeness (QED) is 0.615. The zero-order valence-corrected chi connectivity index (χ0v) is 18.6. The largest absolute Gasteiger partial charge is 0.493 e. The molecule has 30 heavy (non-hydrogen) atoms. The normalized spacial score (nSPS) is 15.7. The van der Waals surface area contributed by atoms with Crippen LogP contribution in [0.15, 0.2) is 36.4 Å². The van der Waals surface area contributed by atoms with Gasteiger partial charge in [0.2, 0.25) is 0 Å². The van der Waals surface area contributed by atoms with Gasteiger partial charge in [0.05, 0.1) is 17.8 Å². The third kappa shape index (κ3) is 5.79. The maximum absolute atomic E-state index is 11.5. The number of ketones is 1. The van der Waals surface area contributed by atoms with Gasteiger partial charge in [-0.25, -0.2) is 0 Å². The van der Waals surface area contributed by atoms with E-state index in [1.807, 2.05) is 12.1 Å². The summed E-state index contributed by atoms with van der Waals surface area (Å²) in [5.41, 5.74) is 1.49. The maximum Gasteiger partial charge on any atom is 0.161 e. The number of rotatable bonds is 8. The van der Waals surface area contributed by atoms with Crippen LogP contribution in [0.25, 0.3) is 0 Å². The monoisotopic (exact) mass is 452 g/mol. The molecule has 162 valence electrons. The average molecular weight is 453 g/mol. The highest BCUT2D eigenvalue weighted by atomic mass is 35.5. The highest BCUT2D eigenvalue weighted by molar-refractivity contribution is 6.35. The Morgan fingerprint density at radius 3 is 2.50 bits per heavy atom. The fraction of sp³-hybridized carbons (Fsp3) is 0.409. The second-order valence-electron chi connectivity index (χ2n) is 7.27. The summed E-state index contributed by atoms with van der Waals surface area (Å²) < 4.78 is 11.0. The fourth-order valence-corrected chi connectivity index (χ4v) is 3.85. The standard InChI is InChI=1S/C22H26Cl2N2O4/c1-15(27)16-3-6-21(22(11-16)29-2)30-14-18(28)13-25-7-9-26(10-8-25)20-12-17(23)4-5-19(20)24/h3-6,11-12,18,28H,7-10,13-14H2,1-2H3/t18-/m0/s1. The van der Waals surface area contributed by atoms with Gasteiger partial charge in [-0.3, -0.25) is 9.69 Å². The van der Waals surface area contributed by atoms with Crippen LogP contribution in [0.3, 0.4) is 0 Å². The van der Waals surface area contributed by atoms with Crippen molar-refractivity contribution in [2.24, 2.45) is 0 Å². The van der Waals surface area contributed by atoms with Crippen molar-refractivity contribution < 1.29 is 19.4 Å². The highest BCUT2D eigenvalue weighted by Crippen LogP contribution is 2.30. The van der Waals surface area contributed by atoms with Gasteiger partial charge >= 0.3 is 0 Å². The molecule has 0 aromatic heterocycles. The SMILES string of the molecule is COc1cc(C(C)=O)ccc1OC[C@@H](O)CN1CCN(c2cc(Cl)ccc2Cl)CC1. The third-order valence-electron chi connectivity index (χ3n) is 5.09. The summed E-state index contributed by atoms with van der Waals surface area (Å²) in [6, 6.07) is 10.5. The van der Waals surface area contributed by atoms with E-state index in [-0.39, 0.29) is 12.4 Å². The van der Waals surface area contributed by atoms with Gasteiger partial charge in [0.15, 0.2) is 17.3 Å². The Kier molecular flexibility index (Phi) is 7.83. The molecule has 0 spiro atoms. The van der Waals surface area contributed by atoms with Crippen LogP contribution in [0.4, 0.5) is 5.69 Å². The molecule has 1 heterocycles. The second-order valence-corrected chi connectivity index (χ2v) is 8.11. The van der Waals surface area contributed by atoms with Crippen LogP contribution in [0, 0.1) is 0 Å². The first-order valence-electron chi connectivity index (χ1n) is 9.79. The summed E-state index contributed by atoms with van der Waals surface area (Å²) in [5, 5.41) is 11.8. The molecule has 2 aromatic rings. The van der Waals surface area contributed by atoms with E-state index in [2.05, 4.69) is 9.80 Å². The Hall–Kier alpha value is -1.99. The number of carbonyl (C=O) groups excluding carboxylic acids is 1. The molecule has 1 aliphatic rings. The number of carbonyl (C=O) groups is 1. The second kappa shape index (κ2) is 10.4. The predicted molar refractivity (Wildman–Crippen MR) is 120 cm³/mol. The Morgan fingerprint density at radius 2 is 1.83 bits per heavy atom. The Balaban J connectivity index is 1.49. The molecule has 0 saturated carbocycles. The van der Waals surface area contributed by atoms with Gasteiger partial charge in [-0.1, -0.05) is 23.2 Å². The topological polar surface area (TPSA) is 62.2 Å². The first-order chi connectivity index (χ1) is 14.4. The molecule has 1 fully saturated rings. The highest BCUT2D eigenvalue weighted by Gasteiger charge is 2.21. The van der Waals surface area contributed by atoms with E-state index in [9.17, 15) is 9.90 Å². The lowest BCUT2D eigenvalue weighted by atomic mass is 10.1. The molecule has 0 radical (unpaired) electrons. The first-order valence-corrected chi connectivity index (χ1v) is 10.5. The Labute approximate surface area is 186 Å². The predicted octanol–water partition coefficient (Wildman–Crippen LogP) is 3.77. The van der Waals surface area contributed by atoms with Crippen molar-refractivity contribution in [2.75, 3.05) is 51.3 Å². The molecule has 0 amide bonds. The summed E-state index contributed by atoms with van der Waals surface area (Å²) in [4.78, 5) is 15.9. The van der Waals surface area contributed by atoms with Crippen LogP contribution < -0.4 is 14.4 Å². The minimum Gasteiger partial charge on any atom is -0.493 e. The molecule has 3 rings (SSSR count). The zero-order valence-electron chi connectivity index (χ0n) is 17.1. The lowest BCUT2D eigenvalue weighted by Crippen LogP contribution is -2.49. The molecule has 2 aromatic carbocycles. The minimum absolute atomic E-state index is 0.0434. The van der Waals surface area contributed by atoms with Gasteiger partial charge in [0, 0.05) is 43.3 Å². The average Bonchev–Trinajstić information content (AvgIpc) is 2.74. The third-order valence-corrected chi connectivity index (χ3v) is 5.65. The molecule has 8 heteroatoms. The summed E-state index contributed by atoms with van der Waals surface area (Å²) >= 11 is 12.4. The number of β-amino-alcohol motifs (C(OH)–C–C–N with tert-alkyl or cyclic N) is 1. The van der Waals surface area contributed by atoms with Gasteiger partial charge in [-0.2, -0.15) is 0 Å². The van der Waals surface area contributed by atoms with E-state index in [1.54, 1.807) is 24.3 Å². The number of piperazine rings is 1. The van der Waals surface area contributed by atoms with Crippen LogP contribution in [0.5, 0.6) is 11.5 Å². The number of hydrogen-bond donors (Lipinski definition) is 1. The van der Waals surface area contributed by atoms with E-state index >= 15 is 0 Å². The van der Waals surface area contributed by atoms with Gasteiger partial charge in [-0.15, -0.1) is 0 Å². The van der Waals surface area contributed by atoms with Crippen molar-refractivity contribution in [2.45, 2.75) is 13.0 Å². The van der Waals surface area contributed by atoms with Crippen molar-refractivity contribution in [1.29, 1.82) is 0 Å². The number of aliphatic hydroxyl groups excluding tert-OH is 1. The summed E-state index contributed by atoms with van der Waals surface area (Å²) in [6.07, 6.45) is -0.650. The number of Topliss-reactive ketones (excluding diaryl/α,β-unsaturated/α-hetero) is 1. The molecule has 0 unspecified atom stereocenters. The molecular weight excluding hydrogens is 427 g/mol. The van der Waals surface area contributed by atoms with Crippen molar-refractivity contribution in [1.82, 2.24) is 4.90 Å². The van der Waals surface area contributed by atoms with Crippen LogP contribution in [-0.4, -0.2) is 68.3 Å². The van der Waals surface area contributed by atoms with E-state index in [4.69, 9.17) is 32.7 Å². The maximum atomic E-state index is 11.5. The van der Waals surface area contributed by atoms with E-state index in [1.165, 1.54) is 14.0 Å². The summed E-state index contributed by atoms with van der Waals surface area (Å²) in [5.74, 6) is 0.932. The van der Waals surface area contributed by atoms with Gasteiger partial charge in [0.1, 0.15) is 12.7 Å². The van der Waals surface area contributed by atoms with E-state index in [0.29, 0.717) is 33.7 Å². The number of anilines is 1. The lowest BCUT2D eigenvalue weighted by Gasteiger charge is -2.37.